The zero-order chi connectivity index (χ0) is 62.8. The van der Waals surface area contributed by atoms with Crippen LogP contribution in [0.4, 0.5) is 34.1 Å². The average molecular weight is 1200 g/mol. The van der Waals surface area contributed by atoms with Crippen molar-refractivity contribution in [2.45, 2.75) is 38.5 Å². The first-order chi connectivity index (χ1) is 44.8. The van der Waals surface area contributed by atoms with Crippen LogP contribution in [0.25, 0.3) is 65.2 Å². The molecule has 0 bridgehead atoms. The van der Waals surface area contributed by atoms with E-state index in [4.69, 9.17) is 19.4 Å². The Bertz CT molecular complexity index is 5220. The van der Waals surface area contributed by atoms with Gasteiger partial charge in [0.05, 0.1) is 44.0 Å². The molecule has 1 aromatic heterocycles. The second kappa shape index (κ2) is 22.6. The summed E-state index contributed by atoms with van der Waals surface area (Å²) in [5, 5.41) is 1.31. The van der Waals surface area contributed by atoms with Crippen molar-refractivity contribution in [1.82, 2.24) is 9.97 Å². The van der Waals surface area contributed by atoms with Crippen molar-refractivity contribution in [2.24, 2.45) is 0 Å². The number of ether oxygens (including phenoxy) is 2. The Morgan fingerprint density at radius 2 is 0.533 bits per heavy atom. The fourth-order valence-corrected chi connectivity index (χ4v) is 13.0. The van der Waals surface area contributed by atoms with E-state index in [0.29, 0.717) is 57.1 Å². The first-order valence-electron chi connectivity index (χ1n) is 30.6. The minimum Gasteiger partial charge on any atom is -0.457 e. The number of para-hydroxylation sites is 2. The van der Waals surface area contributed by atoms with E-state index in [9.17, 15) is 0 Å². The van der Waals surface area contributed by atoms with Crippen molar-refractivity contribution in [2.75, 3.05) is 9.80 Å². The highest BCUT2D eigenvalue weighted by Crippen LogP contribution is 2.46. The maximum atomic E-state index is 15.7. The fraction of sp³-hybridized carbons (Fsp3) is 0.0732. The van der Waals surface area contributed by atoms with Gasteiger partial charge in [-0.25, -0.2) is 9.97 Å². The van der Waals surface area contributed by atoms with Crippen LogP contribution in [0.15, 0.2) is 298 Å². The van der Waals surface area contributed by atoms with Crippen molar-refractivity contribution in [3.8, 4) is 23.0 Å². The van der Waals surface area contributed by atoms with Crippen LogP contribution >= 0.6 is 0 Å². The molecule has 1 heterocycles. The Morgan fingerprint density at radius 3 is 0.848 bits per heavy atom. The van der Waals surface area contributed by atoms with Gasteiger partial charge in [-0.15, -0.1) is 0 Å². The lowest BCUT2D eigenvalue weighted by molar-refractivity contribution is 0.482. The standard InChI is InChI=1S/C82H58N4O6/c1-81(2,51-21-9-5-10-22-51)53-33-37-55(38-34-53)85(57-41-45-61(46-42-57)91-59-25-13-7-14-26-59)69-49-67-75(73-71(69)77(87)63-29-17-19-31-65(63)79(73)89)84-68-50-70(72-74(76(68)83-67)80(90)66-32-20-18-30-64(66)78(72)88)86(58-43-47-62(48-44-58)92-60-27-15-8-16-28-60)56-39-35-54(36-40-56)82(3,4)52-23-11-6-12-24-52/h5-50H,1-4H3. The van der Waals surface area contributed by atoms with Crippen LogP contribution in [-0.4, -0.2) is 9.97 Å². The molecule has 14 aromatic carbocycles. The molecular weight excluding hydrogens is 1140 g/mol. The maximum absolute atomic E-state index is 15.7. The smallest absolute Gasteiger partial charge is 0.196 e. The molecule has 15 rings (SSSR count). The molecule has 10 nitrogen and oxygen atoms in total. The largest absolute Gasteiger partial charge is 0.457 e. The molecular formula is C82H58N4O6. The van der Waals surface area contributed by atoms with Crippen LogP contribution in [0.3, 0.4) is 0 Å². The van der Waals surface area contributed by atoms with E-state index in [1.54, 1.807) is 60.7 Å². The monoisotopic (exact) mass is 1190 g/mol. The molecule has 0 spiro atoms. The van der Waals surface area contributed by atoms with Crippen LogP contribution in [-0.2, 0) is 10.8 Å². The predicted octanol–water partition coefficient (Wildman–Crippen LogP) is 18.9. The van der Waals surface area contributed by atoms with Crippen molar-refractivity contribution < 1.29 is 9.47 Å². The highest BCUT2D eigenvalue weighted by molar-refractivity contribution is 6.21. The summed E-state index contributed by atoms with van der Waals surface area (Å²) in [6.45, 7) is 8.75. The molecule has 15 aromatic rings. The zero-order valence-electron chi connectivity index (χ0n) is 50.8. The first kappa shape index (κ1) is 56.6. The zero-order valence-corrected chi connectivity index (χ0v) is 50.8. The van der Waals surface area contributed by atoms with E-state index in [-0.39, 0.29) is 86.8 Å². The third kappa shape index (κ3) is 9.77. The molecule has 0 N–H and O–H groups in total. The lowest BCUT2D eigenvalue weighted by Gasteiger charge is -2.30. The molecule has 0 atom stereocenters. The Kier molecular flexibility index (Phi) is 13.9. The van der Waals surface area contributed by atoms with Crippen LogP contribution in [0, 0.1) is 0 Å². The Hall–Kier alpha value is -11.9. The molecule has 0 unspecified atom stereocenters. The molecule has 0 aliphatic heterocycles. The van der Waals surface area contributed by atoms with Gasteiger partial charge in [-0.2, -0.15) is 0 Å². The average Bonchev–Trinajstić information content (AvgIpc) is 0.719. The highest BCUT2D eigenvalue weighted by atomic mass is 16.5. The van der Waals surface area contributed by atoms with Gasteiger partial charge in [-0.3, -0.25) is 19.2 Å². The van der Waals surface area contributed by atoms with Gasteiger partial charge in [-0.1, -0.05) is 198 Å². The van der Waals surface area contributed by atoms with Gasteiger partial charge in [0.25, 0.3) is 0 Å². The third-order valence-electron chi connectivity index (χ3n) is 18.0. The van der Waals surface area contributed by atoms with Gasteiger partial charge in [0.1, 0.15) is 34.0 Å². The van der Waals surface area contributed by atoms with Gasteiger partial charge in [0, 0.05) is 55.1 Å². The molecule has 0 fully saturated rings. The third-order valence-corrected chi connectivity index (χ3v) is 18.0. The minimum atomic E-state index is -0.418. The van der Waals surface area contributed by atoms with E-state index in [1.807, 2.05) is 180 Å². The second-order valence-electron chi connectivity index (χ2n) is 24.2. The molecule has 10 heteroatoms. The number of nitrogens with zero attached hydrogens (tertiary/aromatic N) is 4. The molecule has 0 aliphatic carbocycles. The lowest BCUT2D eigenvalue weighted by Crippen LogP contribution is -2.21. The molecule has 0 saturated carbocycles. The molecule has 0 saturated heterocycles. The van der Waals surface area contributed by atoms with Gasteiger partial charge >= 0.3 is 0 Å². The summed E-state index contributed by atoms with van der Waals surface area (Å²) in [6, 6.07) is 88.5. The van der Waals surface area contributed by atoms with Crippen LogP contribution in [0.5, 0.6) is 23.0 Å². The number of hydrogen-bond acceptors (Lipinski definition) is 10. The van der Waals surface area contributed by atoms with Crippen LogP contribution in [0.1, 0.15) is 49.9 Å². The topological polar surface area (TPSA) is 119 Å². The second-order valence-corrected chi connectivity index (χ2v) is 24.2. The maximum Gasteiger partial charge on any atom is 0.196 e. The van der Waals surface area contributed by atoms with Crippen LogP contribution in [0.2, 0.25) is 0 Å². The van der Waals surface area contributed by atoms with E-state index in [0.717, 1.165) is 22.3 Å². The van der Waals surface area contributed by atoms with Gasteiger partial charge in [-0.05, 0) is 131 Å². The number of benzene rings is 14. The van der Waals surface area contributed by atoms with Gasteiger partial charge in [0.2, 0.25) is 0 Å². The van der Waals surface area contributed by atoms with Crippen molar-refractivity contribution >= 4 is 99.3 Å². The van der Waals surface area contributed by atoms with E-state index >= 15 is 19.2 Å². The first-order valence-corrected chi connectivity index (χ1v) is 30.6. The number of aromatic nitrogens is 2. The Morgan fingerprint density at radius 1 is 0.283 bits per heavy atom. The van der Waals surface area contributed by atoms with Crippen molar-refractivity contribution in [1.29, 1.82) is 0 Å². The molecule has 442 valence electrons. The summed E-state index contributed by atoms with van der Waals surface area (Å²) >= 11 is 0. The minimum absolute atomic E-state index is 0.0564. The van der Waals surface area contributed by atoms with E-state index in [1.165, 1.54) is 0 Å². The number of fused-ring (bicyclic) bond motifs is 8. The van der Waals surface area contributed by atoms with Gasteiger partial charge in [0.15, 0.2) is 21.7 Å². The highest BCUT2D eigenvalue weighted by Gasteiger charge is 2.30. The Labute approximate surface area is 529 Å². The van der Waals surface area contributed by atoms with Crippen LogP contribution < -0.4 is 41.0 Å². The fourth-order valence-electron chi connectivity index (χ4n) is 13.0. The molecule has 0 aliphatic rings. The summed E-state index contributed by atoms with van der Waals surface area (Å²) in [7, 11) is 0. The van der Waals surface area contributed by atoms with Gasteiger partial charge < -0.3 is 19.3 Å². The number of rotatable bonds is 14. The lowest BCUT2D eigenvalue weighted by atomic mass is 9.78. The summed E-state index contributed by atoms with van der Waals surface area (Å²) in [4.78, 5) is 77.7. The quantitative estimate of drug-likeness (QED) is 0.0769. The number of hydrogen-bond donors (Lipinski definition) is 0. The summed E-state index contributed by atoms with van der Waals surface area (Å²) < 4.78 is 12.6. The van der Waals surface area contributed by atoms with E-state index < -0.39 is 10.9 Å². The normalized spacial score (nSPS) is 11.9. The van der Waals surface area contributed by atoms with Crippen molar-refractivity contribution in [3.63, 3.8) is 0 Å². The predicted molar refractivity (Wildman–Crippen MR) is 374 cm³/mol. The molecule has 0 radical (unpaired) electrons. The number of anilines is 6. The SMILES string of the molecule is CC(C)(c1ccccc1)c1ccc(N(c2ccc(Oc3ccccc3)cc2)c2cc3nc4c(cc(N(c5ccc(Oc6ccccc6)cc5)c5ccc(C(C)(C)c6ccccc6)cc5)c5c(=O)c6ccccc6c(=O)c54)nc3c3c(=O)c4ccccc4c(=O)c23)cc1. The van der Waals surface area contributed by atoms with E-state index in [2.05, 4.69) is 76.2 Å². The Balaban J connectivity index is 1.00. The molecule has 92 heavy (non-hydrogen) atoms. The molecule has 0 amide bonds. The summed E-state index contributed by atoms with van der Waals surface area (Å²) in [5.41, 5.74) is 6.13. The summed E-state index contributed by atoms with van der Waals surface area (Å²) in [6.07, 6.45) is 0. The van der Waals surface area contributed by atoms with Crippen molar-refractivity contribution in [3.05, 3.63) is 342 Å². The summed E-state index contributed by atoms with van der Waals surface area (Å²) in [5.74, 6) is 2.49.